The lowest BCUT2D eigenvalue weighted by Crippen LogP contribution is -2.62. The average Bonchev–Trinajstić information content (AvgIpc) is 3.38. The molecule has 0 aliphatic carbocycles. The highest BCUT2D eigenvalue weighted by Gasteiger charge is 2.43. The summed E-state index contributed by atoms with van der Waals surface area (Å²) in [4.78, 5) is 9.88. The molecule has 3 aliphatic heterocycles. The molecule has 3 aliphatic rings. The van der Waals surface area contributed by atoms with Crippen LogP contribution in [0.25, 0.3) is 0 Å². The Morgan fingerprint density at radius 3 is 1.34 bits per heavy atom. The number of anilines is 6. The van der Waals surface area contributed by atoms with Crippen molar-refractivity contribution in [3.05, 3.63) is 217 Å². The smallest absolute Gasteiger partial charge is 0.251 e. The van der Waals surface area contributed by atoms with Gasteiger partial charge in [-0.15, -0.1) is 0 Å². The quantitative estimate of drug-likeness (QED) is 0.127. The van der Waals surface area contributed by atoms with Crippen molar-refractivity contribution in [3.8, 4) is 11.5 Å². The zero-order valence-corrected chi connectivity index (χ0v) is 42.2. The van der Waals surface area contributed by atoms with E-state index in [0.717, 1.165) is 45.6 Å². The maximum atomic E-state index is 7.41. The summed E-state index contributed by atoms with van der Waals surface area (Å²) in [6.45, 7) is 14.2. The lowest BCUT2D eigenvalue weighted by atomic mass is 9.31. The Bertz CT molecular complexity index is 3310. The Hall–Kier alpha value is -6.79. The first-order valence-corrected chi connectivity index (χ1v) is 26.4. The second kappa shape index (κ2) is 18.2. The number of ether oxygens (including phenoxy) is 1. The van der Waals surface area contributed by atoms with Crippen LogP contribution in [0.5, 0.6) is 11.5 Å². The fraction of sp³-hybridized carbons (Fsp3) is 0.143. The molecule has 12 rings (SSSR count). The number of hydrogen-bond donors (Lipinski definition) is 0. The van der Waals surface area contributed by atoms with E-state index in [4.69, 9.17) is 4.74 Å². The van der Waals surface area contributed by atoms with Gasteiger partial charge in [-0.05, 0) is 130 Å². The van der Waals surface area contributed by atoms with Crippen LogP contribution in [0.15, 0.2) is 220 Å². The van der Waals surface area contributed by atoms with E-state index in [-0.39, 0.29) is 13.4 Å². The maximum Gasteiger partial charge on any atom is 0.251 e. The molecule has 0 N–H and O–H groups in total. The minimum atomic E-state index is -0.0530. The van der Waals surface area contributed by atoms with Gasteiger partial charge in [-0.2, -0.15) is 0 Å². The van der Waals surface area contributed by atoms with Crippen molar-refractivity contribution < 1.29 is 4.74 Å². The van der Waals surface area contributed by atoms with Crippen LogP contribution >= 0.6 is 23.5 Å². The van der Waals surface area contributed by atoms with Crippen molar-refractivity contribution in [1.82, 2.24) is 0 Å². The van der Waals surface area contributed by atoms with Crippen LogP contribution in [0.1, 0.15) is 76.0 Å². The summed E-state index contributed by atoms with van der Waals surface area (Å²) in [5.41, 5.74) is 18.9. The molecular weight excluding hydrogens is 886 g/mol. The standard InChI is InChI=1S/C63H54B2N2OS2/c1-40(2)43-33-50(41(3)4)62(51(34-43)42(5)6)64-52-32-31-48(66(44-21-11-7-12-22-44)45-23-13-8-14-24-45)35-56(52)68-57-39-59-55(38-54(57)64)65-53-29-19-20-30-58(53)69-60-36-49(37-61(70-59)63(60)65)67(46-25-15-9-16-26-46)47-27-17-10-18-28-47/h7-42H,1-6H3. The fourth-order valence-electron chi connectivity index (χ4n) is 11.1. The van der Waals surface area contributed by atoms with Gasteiger partial charge in [-0.1, -0.05) is 197 Å². The topological polar surface area (TPSA) is 15.7 Å². The first kappa shape index (κ1) is 44.4. The molecule has 0 fully saturated rings. The first-order valence-electron chi connectivity index (χ1n) is 24.8. The molecule has 0 unspecified atom stereocenters. The third-order valence-corrected chi connectivity index (χ3v) is 16.7. The number of fused-ring (bicyclic) bond motifs is 6. The van der Waals surface area contributed by atoms with Crippen LogP contribution in [0.3, 0.4) is 0 Å². The normalized spacial score (nSPS) is 13.0. The van der Waals surface area contributed by atoms with Crippen molar-refractivity contribution in [2.75, 3.05) is 9.80 Å². The van der Waals surface area contributed by atoms with E-state index in [1.165, 1.54) is 69.0 Å². The fourth-order valence-corrected chi connectivity index (χ4v) is 13.5. The summed E-state index contributed by atoms with van der Waals surface area (Å²) < 4.78 is 7.41. The van der Waals surface area contributed by atoms with Gasteiger partial charge in [-0.25, -0.2) is 0 Å². The first-order chi connectivity index (χ1) is 34.2. The third-order valence-electron chi connectivity index (χ3n) is 14.4. The molecule has 3 heterocycles. The minimum absolute atomic E-state index is 0.0530. The van der Waals surface area contributed by atoms with E-state index in [9.17, 15) is 0 Å². The van der Waals surface area contributed by atoms with Crippen LogP contribution in [-0.4, -0.2) is 13.4 Å². The van der Waals surface area contributed by atoms with Crippen LogP contribution in [0, 0.1) is 0 Å². The molecule has 3 nitrogen and oxygen atoms in total. The van der Waals surface area contributed by atoms with Gasteiger partial charge in [0.2, 0.25) is 6.71 Å². The lowest BCUT2D eigenvalue weighted by Gasteiger charge is -2.37. The zero-order valence-electron chi connectivity index (χ0n) is 40.6. The van der Waals surface area contributed by atoms with Gasteiger partial charge in [-0.3, -0.25) is 0 Å². The van der Waals surface area contributed by atoms with Crippen LogP contribution in [-0.2, 0) is 0 Å². The second-order valence-electron chi connectivity index (χ2n) is 19.8. The Balaban J connectivity index is 1.09. The summed E-state index contributed by atoms with van der Waals surface area (Å²) in [5.74, 6) is 2.88. The van der Waals surface area contributed by atoms with E-state index in [1.807, 2.05) is 23.5 Å². The van der Waals surface area contributed by atoms with Gasteiger partial charge in [0.25, 0.3) is 6.71 Å². The molecule has 7 heteroatoms. The molecule has 9 aromatic rings. The van der Waals surface area contributed by atoms with E-state index in [1.54, 1.807) is 0 Å². The number of rotatable bonds is 10. The molecule has 0 saturated heterocycles. The number of para-hydroxylation sites is 4. The van der Waals surface area contributed by atoms with Crippen molar-refractivity contribution in [1.29, 1.82) is 0 Å². The van der Waals surface area contributed by atoms with Gasteiger partial charge in [0.15, 0.2) is 0 Å². The number of benzene rings is 9. The van der Waals surface area contributed by atoms with Crippen LogP contribution < -0.4 is 47.3 Å². The van der Waals surface area contributed by atoms with E-state index in [2.05, 4.69) is 252 Å². The molecular formula is C63H54B2N2OS2. The van der Waals surface area contributed by atoms with Gasteiger partial charge >= 0.3 is 0 Å². The van der Waals surface area contributed by atoms with Crippen LogP contribution in [0.2, 0.25) is 0 Å². The molecule has 0 amide bonds. The largest absolute Gasteiger partial charge is 0.458 e. The molecule has 70 heavy (non-hydrogen) atoms. The minimum Gasteiger partial charge on any atom is -0.458 e. The SMILES string of the molecule is CC(C)c1cc(C(C)C)c(B2c3ccc(N(c4ccccc4)c4ccccc4)cc3Oc3cc4c(cc32)B2c3ccccc3Sc3cc(N(c5ccccc5)c5ccccc5)cc(c32)S4)c(C(C)C)c1. The van der Waals surface area contributed by atoms with Crippen LogP contribution in [0.4, 0.5) is 34.1 Å². The monoisotopic (exact) mass is 940 g/mol. The molecule has 0 saturated carbocycles. The number of hydrogen-bond acceptors (Lipinski definition) is 5. The van der Waals surface area contributed by atoms with Gasteiger partial charge in [0.05, 0.1) is 0 Å². The molecule has 0 bridgehead atoms. The highest BCUT2D eigenvalue weighted by Crippen LogP contribution is 2.46. The van der Waals surface area contributed by atoms with Crippen molar-refractivity contribution in [2.24, 2.45) is 0 Å². The summed E-state index contributed by atoms with van der Waals surface area (Å²) in [5, 5.41) is 0. The highest BCUT2D eigenvalue weighted by atomic mass is 32.2. The summed E-state index contributed by atoms with van der Waals surface area (Å²) in [6, 6.07) is 73.8. The Kier molecular flexibility index (Phi) is 11.5. The predicted octanol–water partition coefficient (Wildman–Crippen LogP) is 14.1. The van der Waals surface area contributed by atoms with E-state index < -0.39 is 0 Å². The molecule has 9 aromatic carbocycles. The Morgan fingerprint density at radius 1 is 0.343 bits per heavy atom. The third kappa shape index (κ3) is 7.75. The Morgan fingerprint density at radius 2 is 0.814 bits per heavy atom. The predicted molar refractivity (Wildman–Crippen MR) is 301 cm³/mol. The van der Waals surface area contributed by atoms with Crippen molar-refractivity contribution in [2.45, 2.75) is 78.9 Å². The zero-order chi connectivity index (χ0) is 47.6. The van der Waals surface area contributed by atoms with Gasteiger partial charge in [0.1, 0.15) is 11.5 Å². The van der Waals surface area contributed by atoms with E-state index in [0.29, 0.717) is 17.8 Å². The van der Waals surface area contributed by atoms with Gasteiger partial charge < -0.3 is 14.5 Å². The summed E-state index contributed by atoms with van der Waals surface area (Å²) in [6.07, 6.45) is 0. The molecule has 0 atom stereocenters. The lowest BCUT2D eigenvalue weighted by molar-refractivity contribution is 0.486. The second-order valence-corrected chi connectivity index (χ2v) is 22.0. The summed E-state index contributed by atoms with van der Waals surface area (Å²) in [7, 11) is 0. The Labute approximate surface area is 423 Å². The molecule has 0 aromatic heterocycles. The van der Waals surface area contributed by atoms with Crippen molar-refractivity contribution >= 4 is 104 Å². The molecule has 0 radical (unpaired) electrons. The summed E-state index contributed by atoms with van der Waals surface area (Å²) >= 11 is 3.80. The van der Waals surface area contributed by atoms with Crippen molar-refractivity contribution in [3.63, 3.8) is 0 Å². The van der Waals surface area contributed by atoms with Gasteiger partial charge in [0, 0.05) is 59.8 Å². The maximum absolute atomic E-state index is 7.41. The number of nitrogens with zero attached hydrogens (tertiary/aromatic N) is 2. The highest BCUT2D eigenvalue weighted by molar-refractivity contribution is 8.01. The average molecular weight is 941 g/mol. The van der Waals surface area contributed by atoms with E-state index >= 15 is 0 Å². The molecule has 0 spiro atoms. The molecule has 340 valence electrons.